The highest BCUT2D eigenvalue weighted by Crippen LogP contribution is 2.26. The third-order valence-corrected chi connectivity index (χ3v) is 3.80. The summed E-state index contributed by atoms with van der Waals surface area (Å²) in [6.45, 7) is 4.64. The molecule has 1 aromatic carbocycles. The molecule has 6 heteroatoms. The molecule has 0 aliphatic carbocycles. The first-order chi connectivity index (χ1) is 10.0. The molecule has 0 aliphatic rings. The van der Waals surface area contributed by atoms with Crippen LogP contribution in [0.25, 0.3) is 0 Å². The molecule has 0 radical (unpaired) electrons. The van der Waals surface area contributed by atoms with E-state index in [-0.39, 0.29) is 6.04 Å². The molecule has 1 unspecified atom stereocenters. The molecule has 2 aromatic rings. The van der Waals surface area contributed by atoms with E-state index in [1.165, 1.54) is 0 Å². The van der Waals surface area contributed by atoms with Crippen LogP contribution in [0.3, 0.4) is 0 Å². The van der Waals surface area contributed by atoms with Crippen molar-refractivity contribution in [1.29, 1.82) is 0 Å². The summed E-state index contributed by atoms with van der Waals surface area (Å²) in [6, 6.07) is 9.83. The highest BCUT2D eigenvalue weighted by atomic mass is 35.5. The zero-order chi connectivity index (χ0) is 15.4. The zero-order valence-corrected chi connectivity index (χ0v) is 13.2. The fourth-order valence-electron chi connectivity index (χ4n) is 2.19. The number of rotatable bonds is 5. The first-order valence-corrected chi connectivity index (χ1v) is 7.15. The van der Waals surface area contributed by atoms with Gasteiger partial charge in [-0.3, -0.25) is 4.90 Å². The highest BCUT2D eigenvalue weighted by molar-refractivity contribution is 6.31. The Morgan fingerprint density at radius 2 is 2.05 bits per heavy atom. The van der Waals surface area contributed by atoms with Crippen molar-refractivity contribution in [3.8, 4) is 0 Å². The molecule has 5 nitrogen and oxygen atoms in total. The van der Waals surface area contributed by atoms with E-state index in [1.807, 2.05) is 38.2 Å². The van der Waals surface area contributed by atoms with E-state index in [4.69, 9.17) is 17.4 Å². The number of nitrogen functional groups attached to an aromatic ring is 1. The number of hydrogen-bond donors (Lipinski definition) is 2. The van der Waals surface area contributed by atoms with Gasteiger partial charge in [0.05, 0.1) is 6.54 Å². The summed E-state index contributed by atoms with van der Waals surface area (Å²) in [5.74, 6) is 6.77. The number of halogens is 1. The smallest absolute Gasteiger partial charge is 0.145 e. The lowest BCUT2D eigenvalue weighted by Gasteiger charge is -2.25. The van der Waals surface area contributed by atoms with Gasteiger partial charge >= 0.3 is 0 Å². The Morgan fingerprint density at radius 3 is 2.71 bits per heavy atom. The van der Waals surface area contributed by atoms with Crippen LogP contribution in [0, 0.1) is 6.92 Å². The maximum atomic E-state index is 6.25. The van der Waals surface area contributed by atoms with Gasteiger partial charge in [-0.1, -0.05) is 29.8 Å². The Hall–Kier alpha value is -1.69. The molecular weight excluding hydrogens is 286 g/mol. The van der Waals surface area contributed by atoms with Crippen molar-refractivity contribution in [3.05, 3.63) is 52.4 Å². The van der Waals surface area contributed by atoms with Crippen molar-refractivity contribution in [3.63, 3.8) is 0 Å². The lowest BCUT2D eigenvalue weighted by Crippen LogP contribution is -2.24. The fraction of sp³-hybridized carbons (Fsp3) is 0.333. The number of hydrazine groups is 1. The van der Waals surface area contributed by atoms with Crippen LogP contribution in [-0.4, -0.2) is 21.9 Å². The SMILES string of the molecule is Cc1cc(NN)nc(CN(C)C(C)c2ccccc2Cl)n1. The number of nitrogens with zero attached hydrogens (tertiary/aromatic N) is 3. The van der Waals surface area contributed by atoms with Crippen LogP contribution < -0.4 is 11.3 Å². The standard InChI is InChI=1S/C15H20ClN5/c1-10-8-14(20-17)19-15(18-10)9-21(3)11(2)12-6-4-5-7-13(12)16/h4-8,11H,9,17H2,1-3H3,(H,18,19,20). The monoisotopic (exact) mass is 305 g/mol. The highest BCUT2D eigenvalue weighted by Gasteiger charge is 2.16. The van der Waals surface area contributed by atoms with E-state index in [1.54, 1.807) is 6.07 Å². The van der Waals surface area contributed by atoms with Gasteiger partial charge in [0.25, 0.3) is 0 Å². The number of hydrogen-bond acceptors (Lipinski definition) is 5. The van der Waals surface area contributed by atoms with Crippen LogP contribution in [0.4, 0.5) is 5.82 Å². The summed E-state index contributed by atoms with van der Waals surface area (Å²) in [4.78, 5) is 11.0. The zero-order valence-electron chi connectivity index (χ0n) is 12.5. The number of nitrogens with two attached hydrogens (primary N) is 1. The average Bonchev–Trinajstić information content (AvgIpc) is 2.46. The molecule has 2 rings (SSSR count). The summed E-state index contributed by atoms with van der Waals surface area (Å²) in [5, 5.41) is 0.770. The minimum absolute atomic E-state index is 0.164. The molecule has 0 fully saturated rings. The van der Waals surface area contributed by atoms with Gasteiger partial charge in [0.1, 0.15) is 11.6 Å². The molecule has 112 valence electrons. The summed E-state index contributed by atoms with van der Waals surface area (Å²) < 4.78 is 0. The van der Waals surface area contributed by atoms with Crippen molar-refractivity contribution in [2.45, 2.75) is 26.4 Å². The molecule has 0 spiro atoms. The van der Waals surface area contributed by atoms with Gasteiger partial charge in [-0.15, -0.1) is 0 Å². The minimum atomic E-state index is 0.164. The predicted molar refractivity (Wildman–Crippen MR) is 85.9 cm³/mol. The normalized spacial score (nSPS) is 12.5. The predicted octanol–water partition coefficient (Wildman–Crippen LogP) is 2.92. The lowest BCUT2D eigenvalue weighted by molar-refractivity contribution is 0.247. The Kier molecular flexibility index (Phi) is 5.12. The third-order valence-electron chi connectivity index (χ3n) is 3.46. The lowest BCUT2D eigenvalue weighted by atomic mass is 10.1. The van der Waals surface area contributed by atoms with Gasteiger partial charge in [0.2, 0.25) is 0 Å². The maximum Gasteiger partial charge on any atom is 0.145 e. The van der Waals surface area contributed by atoms with Crippen molar-refractivity contribution in [2.24, 2.45) is 5.84 Å². The van der Waals surface area contributed by atoms with Crippen LogP contribution >= 0.6 is 11.6 Å². The molecule has 0 saturated carbocycles. The summed E-state index contributed by atoms with van der Waals surface area (Å²) in [6.07, 6.45) is 0. The number of benzene rings is 1. The number of anilines is 1. The second-order valence-electron chi connectivity index (χ2n) is 5.07. The minimum Gasteiger partial charge on any atom is -0.308 e. The molecule has 0 bridgehead atoms. The van der Waals surface area contributed by atoms with E-state index in [0.29, 0.717) is 12.4 Å². The first kappa shape index (κ1) is 15.7. The van der Waals surface area contributed by atoms with E-state index < -0.39 is 0 Å². The number of aromatic nitrogens is 2. The largest absolute Gasteiger partial charge is 0.308 e. The molecule has 0 saturated heterocycles. The molecule has 1 heterocycles. The van der Waals surface area contributed by atoms with Gasteiger partial charge in [0, 0.05) is 22.8 Å². The fourth-order valence-corrected chi connectivity index (χ4v) is 2.48. The Morgan fingerprint density at radius 1 is 1.33 bits per heavy atom. The molecular formula is C15H20ClN5. The second-order valence-corrected chi connectivity index (χ2v) is 5.47. The molecule has 1 aromatic heterocycles. The van der Waals surface area contributed by atoms with Crippen LogP contribution in [0.15, 0.2) is 30.3 Å². The third kappa shape index (κ3) is 3.91. The van der Waals surface area contributed by atoms with E-state index in [0.717, 1.165) is 22.1 Å². The van der Waals surface area contributed by atoms with Crippen LogP contribution in [0.1, 0.15) is 30.0 Å². The van der Waals surface area contributed by atoms with Gasteiger partial charge in [-0.05, 0) is 32.5 Å². The second kappa shape index (κ2) is 6.85. The average molecular weight is 306 g/mol. The Bertz CT molecular complexity index is 617. The van der Waals surface area contributed by atoms with Gasteiger partial charge in [-0.25, -0.2) is 15.8 Å². The van der Waals surface area contributed by atoms with Crippen LogP contribution in [0.2, 0.25) is 5.02 Å². The van der Waals surface area contributed by atoms with Crippen molar-refractivity contribution in [2.75, 3.05) is 12.5 Å². The van der Waals surface area contributed by atoms with Crippen molar-refractivity contribution >= 4 is 17.4 Å². The number of aryl methyl sites for hydroxylation is 1. The molecule has 1 atom stereocenters. The summed E-state index contributed by atoms with van der Waals surface area (Å²) in [5.41, 5.74) is 4.53. The topological polar surface area (TPSA) is 67.1 Å². The van der Waals surface area contributed by atoms with E-state index >= 15 is 0 Å². The molecule has 0 amide bonds. The van der Waals surface area contributed by atoms with Crippen molar-refractivity contribution < 1.29 is 0 Å². The van der Waals surface area contributed by atoms with E-state index in [2.05, 4.69) is 27.2 Å². The molecule has 21 heavy (non-hydrogen) atoms. The van der Waals surface area contributed by atoms with Crippen LogP contribution in [-0.2, 0) is 6.54 Å². The number of nitrogens with one attached hydrogen (secondary N) is 1. The Labute approximate surface area is 130 Å². The van der Waals surface area contributed by atoms with Gasteiger partial charge in [0.15, 0.2) is 0 Å². The van der Waals surface area contributed by atoms with Gasteiger partial charge in [-0.2, -0.15) is 0 Å². The summed E-state index contributed by atoms with van der Waals surface area (Å²) >= 11 is 6.25. The molecule has 0 aliphatic heterocycles. The first-order valence-electron chi connectivity index (χ1n) is 6.77. The Balaban J connectivity index is 2.16. The van der Waals surface area contributed by atoms with Crippen LogP contribution in [0.5, 0.6) is 0 Å². The summed E-state index contributed by atoms with van der Waals surface area (Å²) in [7, 11) is 2.02. The van der Waals surface area contributed by atoms with Crippen molar-refractivity contribution in [1.82, 2.24) is 14.9 Å². The molecule has 3 N–H and O–H groups in total. The quantitative estimate of drug-likeness (QED) is 0.657. The van der Waals surface area contributed by atoms with Gasteiger partial charge < -0.3 is 5.43 Å². The van der Waals surface area contributed by atoms with E-state index in [9.17, 15) is 0 Å². The maximum absolute atomic E-state index is 6.25.